The maximum absolute atomic E-state index is 12.8. The molecular weight excluding hydrogens is 309 g/mol. The SMILES string of the molecule is O=C1CCCC1C1CCCN1C(=O)c1cc(Cl)ccc1Cl. The Hall–Kier alpha value is -1.06. The average Bonchev–Trinajstić information content (AvgIpc) is 3.08. The van der Waals surface area contributed by atoms with Crippen LogP contribution in [0.5, 0.6) is 0 Å². The summed E-state index contributed by atoms with van der Waals surface area (Å²) in [5, 5.41) is 0.906. The number of rotatable bonds is 2. The molecule has 1 heterocycles. The number of halogens is 2. The fourth-order valence-electron chi connectivity index (χ4n) is 3.53. The Morgan fingerprint density at radius 2 is 2.00 bits per heavy atom. The molecular formula is C16H17Cl2NO2. The summed E-state index contributed by atoms with van der Waals surface area (Å²) in [6.45, 7) is 0.691. The van der Waals surface area contributed by atoms with E-state index in [1.807, 2.05) is 4.90 Å². The van der Waals surface area contributed by atoms with E-state index >= 15 is 0 Å². The van der Waals surface area contributed by atoms with Crippen LogP contribution >= 0.6 is 23.2 Å². The Balaban J connectivity index is 1.86. The summed E-state index contributed by atoms with van der Waals surface area (Å²) in [7, 11) is 0. The zero-order valence-electron chi connectivity index (χ0n) is 11.6. The first-order valence-corrected chi connectivity index (χ1v) is 8.12. The molecule has 1 aromatic rings. The Morgan fingerprint density at radius 3 is 2.71 bits per heavy atom. The van der Waals surface area contributed by atoms with Crippen LogP contribution in [0.2, 0.25) is 10.0 Å². The van der Waals surface area contributed by atoms with Crippen molar-refractivity contribution < 1.29 is 9.59 Å². The van der Waals surface area contributed by atoms with Crippen molar-refractivity contribution in [2.75, 3.05) is 6.54 Å². The molecule has 2 aliphatic rings. The summed E-state index contributed by atoms with van der Waals surface area (Å²) in [4.78, 5) is 26.6. The number of carbonyl (C=O) groups is 2. The van der Waals surface area contributed by atoms with Gasteiger partial charge in [-0.3, -0.25) is 9.59 Å². The maximum Gasteiger partial charge on any atom is 0.255 e. The Kier molecular flexibility index (Phi) is 4.23. The first-order valence-electron chi connectivity index (χ1n) is 7.36. The third kappa shape index (κ3) is 2.82. The van der Waals surface area contributed by atoms with Gasteiger partial charge >= 0.3 is 0 Å². The van der Waals surface area contributed by atoms with Crippen LogP contribution in [0, 0.1) is 5.92 Å². The van der Waals surface area contributed by atoms with Crippen molar-refractivity contribution >= 4 is 34.9 Å². The van der Waals surface area contributed by atoms with Crippen molar-refractivity contribution in [2.45, 2.75) is 38.1 Å². The number of nitrogens with zero attached hydrogens (tertiary/aromatic N) is 1. The predicted octanol–water partition coefficient (Wildman–Crippen LogP) is 3.97. The lowest BCUT2D eigenvalue weighted by atomic mass is 9.94. The van der Waals surface area contributed by atoms with Gasteiger partial charge < -0.3 is 4.90 Å². The fourth-order valence-corrected chi connectivity index (χ4v) is 3.90. The average molecular weight is 326 g/mol. The van der Waals surface area contributed by atoms with E-state index in [-0.39, 0.29) is 17.9 Å². The zero-order chi connectivity index (χ0) is 15.0. The van der Waals surface area contributed by atoms with Gasteiger partial charge in [0.1, 0.15) is 5.78 Å². The van der Waals surface area contributed by atoms with Gasteiger partial charge in [-0.2, -0.15) is 0 Å². The minimum atomic E-state index is -0.107. The number of hydrogen-bond acceptors (Lipinski definition) is 2. The number of benzene rings is 1. The van der Waals surface area contributed by atoms with Crippen molar-refractivity contribution in [2.24, 2.45) is 5.92 Å². The van der Waals surface area contributed by atoms with Gasteiger partial charge in [-0.25, -0.2) is 0 Å². The van der Waals surface area contributed by atoms with Crippen LogP contribution in [0.1, 0.15) is 42.5 Å². The normalized spacial score (nSPS) is 25.6. The van der Waals surface area contributed by atoms with Gasteiger partial charge in [0.25, 0.3) is 5.91 Å². The number of carbonyl (C=O) groups excluding carboxylic acids is 2. The maximum atomic E-state index is 12.8. The van der Waals surface area contributed by atoms with E-state index in [1.165, 1.54) is 0 Å². The van der Waals surface area contributed by atoms with E-state index in [2.05, 4.69) is 0 Å². The van der Waals surface area contributed by atoms with Crippen molar-refractivity contribution in [3.63, 3.8) is 0 Å². The monoisotopic (exact) mass is 325 g/mol. The molecule has 112 valence electrons. The van der Waals surface area contributed by atoms with Crippen LogP contribution in [-0.4, -0.2) is 29.2 Å². The molecule has 2 fully saturated rings. The van der Waals surface area contributed by atoms with Crippen LogP contribution < -0.4 is 0 Å². The van der Waals surface area contributed by atoms with E-state index in [0.717, 1.165) is 25.7 Å². The van der Waals surface area contributed by atoms with Gasteiger partial charge in [-0.15, -0.1) is 0 Å². The molecule has 2 atom stereocenters. The van der Waals surface area contributed by atoms with Gasteiger partial charge in [0, 0.05) is 29.9 Å². The molecule has 0 aromatic heterocycles. The van der Waals surface area contributed by atoms with Gasteiger partial charge in [-0.05, 0) is 43.9 Å². The van der Waals surface area contributed by atoms with E-state index in [0.29, 0.717) is 34.4 Å². The standard InChI is InChI=1S/C16H17Cl2NO2/c17-10-6-7-13(18)12(9-10)16(21)19-8-2-4-14(19)11-3-1-5-15(11)20/h6-7,9,11,14H,1-5,8H2. The number of Topliss-reactive ketones (excluding diaryl/α,β-unsaturated/α-hetero) is 1. The number of ketones is 1. The smallest absolute Gasteiger partial charge is 0.255 e. The summed E-state index contributed by atoms with van der Waals surface area (Å²) in [5.41, 5.74) is 0.432. The first kappa shape index (κ1) is 14.9. The lowest BCUT2D eigenvalue weighted by Crippen LogP contribution is -2.41. The van der Waals surface area contributed by atoms with Crippen LogP contribution in [0.25, 0.3) is 0 Å². The summed E-state index contributed by atoms with van der Waals surface area (Å²) in [6, 6.07) is 4.95. The van der Waals surface area contributed by atoms with Crippen LogP contribution in [0.3, 0.4) is 0 Å². The molecule has 3 rings (SSSR count). The molecule has 1 saturated carbocycles. The molecule has 1 aliphatic carbocycles. The highest BCUT2D eigenvalue weighted by molar-refractivity contribution is 6.35. The molecule has 0 bridgehead atoms. The largest absolute Gasteiger partial charge is 0.335 e. The predicted molar refractivity (Wildman–Crippen MR) is 82.9 cm³/mol. The Labute approximate surface area is 134 Å². The molecule has 5 heteroatoms. The summed E-state index contributed by atoms with van der Waals surface area (Å²) < 4.78 is 0. The summed E-state index contributed by atoms with van der Waals surface area (Å²) in [6.07, 6.45) is 4.34. The zero-order valence-corrected chi connectivity index (χ0v) is 13.2. The van der Waals surface area contributed by atoms with E-state index in [4.69, 9.17) is 23.2 Å². The summed E-state index contributed by atoms with van der Waals surface area (Å²) in [5.74, 6) is 0.205. The molecule has 1 saturated heterocycles. The molecule has 3 nitrogen and oxygen atoms in total. The second-order valence-corrected chi connectivity index (χ2v) is 6.64. The Morgan fingerprint density at radius 1 is 1.19 bits per heavy atom. The van der Waals surface area contributed by atoms with Gasteiger partial charge in [0.2, 0.25) is 0 Å². The number of likely N-dealkylation sites (tertiary alicyclic amines) is 1. The third-order valence-electron chi connectivity index (χ3n) is 4.54. The molecule has 2 unspecified atom stereocenters. The molecule has 21 heavy (non-hydrogen) atoms. The molecule has 1 amide bonds. The van der Waals surface area contributed by atoms with Crippen LogP contribution in [-0.2, 0) is 4.79 Å². The highest BCUT2D eigenvalue weighted by Gasteiger charge is 2.40. The Bertz CT molecular complexity index is 588. The third-order valence-corrected chi connectivity index (χ3v) is 5.10. The topological polar surface area (TPSA) is 37.4 Å². The molecule has 0 N–H and O–H groups in total. The van der Waals surface area contributed by atoms with Crippen molar-refractivity contribution in [3.8, 4) is 0 Å². The molecule has 0 spiro atoms. The van der Waals surface area contributed by atoms with E-state index < -0.39 is 0 Å². The first-order chi connectivity index (χ1) is 10.1. The second kappa shape index (κ2) is 5.98. The van der Waals surface area contributed by atoms with Gasteiger partial charge in [0.15, 0.2) is 0 Å². The van der Waals surface area contributed by atoms with Gasteiger partial charge in [-0.1, -0.05) is 23.2 Å². The summed E-state index contributed by atoms with van der Waals surface area (Å²) >= 11 is 12.1. The highest BCUT2D eigenvalue weighted by atomic mass is 35.5. The molecule has 1 aromatic carbocycles. The lowest BCUT2D eigenvalue weighted by molar-refractivity contribution is -0.121. The number of hydrogen-bond donors (Lipinski definition) is 0. The number of amides is 1. The van der Waals surface area contributed by atoms with Crippen molar-refractivity contribution in [3.05, 3.63) is 33.8 Å². The van der Waals surface area contributed by atoms with Crippen LogP contribution in [0.4, 0.5) is 0 Å². The van der Waals surface area contributed by atoms with E-state index in [9.17, 15) is 9.59 Å². The second-order valence-electron chi connectivity index (χ2n) is 5.80. The quantitative estimate of drug-likeness (QED) is 0.825. The van der Waals surface area contributed by atoms with Crippen molar-refractivity contribution in [1.29, 1.82) is 0 Å². The van der Waals surface area contributed by atoms with Gasteiger partial charge in [0.05, 0.1) is 10.6 Å². The molecule has 1 aliphatic heterocycles. The molecule has 0 radical (unpaired) electrons. The minimum absolute atomic E-state index is 0.00871. The highest BCUT2D eigenvalue weighted by Crippen LogP contribution is 2.35. The van der Waals surface area contributed by atoms with Crippen molar-refractivity contribution in [1.82, 2.24) is 4.90 Å². The fraction of sp³-hybridized carbons (Fsp3) is 0.500. The van der Waals surface area contributed by atoms with E-state index in [1.54, 1.807) is 18.2 Å². The van der Waals surface area contributed by atoms with Crippen LogP contribution in [0.15, 0.2) is 18.2 Å². The lowest BCUT2D eigenvalue weighted by Gasteiger charge is -2.29. The minimum Gasteiger partial charge on any atom is -0.335 e.